The van der Waals surface area contributed by atoms with Crippen molar-refractivity contribution in [1.82, 2.24) is 4.90 Å². The van der Waals surface area contributed by atoms with E-state index in [0.717, 1.165) is 43.0 Å². The standard InChI is InChI=1S/C25H20FNO2/c26-20-11-9-19(10-12-20)25(28)18-7-5-17(6-8-18)15-27-14-13-24-22(16-27)21-3-1-2-4-23(21)29-24/h1-12H,13-16H2. The second-order valence-electron chi connectivity index (χ2n) is 7.49. The zero-order chi connectivity index (χ0) is 19.8. The first-order chi connectivity index (χ1) is 14.2. The Hall–Kier alpha value is -3.24. The zero-order valence-corrected chi connectivity index (χ0v) is 15.9. The first kappa shape index (κ1) is 17.8. The van der Waals surface area contributed by atoms with Gasteiger partial charge in [0.1, 0.15) is 17.2 Å². The summed E-state index contributed by atoms with van der Waals surface area (Å²) < 4.78 is 19.1. The van der Waals surface area contributed by atoms with Crippen molar-refractivity contribution in [2.24, 2.45) is 0 Å². The van der Waals surface area contributed by atoms with Gasteiger partial charge in [0.15, 0.2) is 5.78 Å². The minimum atomic E-state index is -0.341. The molecule has 0 amide bonds. The molecule has 0 unspecified atom stereocenters. The topological polar surface area (TPSA) is 33.5 Å². The van der Waals surface area contributed by atoms with Gasteiger partial charge in [0.05, 0.1) is 0 Å². The van der Waals surface area contributed by atoms with Gasteiger partial charge in [-0.25, -0.2) is 4.39 Å². The third kappa shape index (κ3) is 3.47. The smallest absolute Gasteiger partial charge is 0.193 e. The Morgan fingerprint density at radius 1 is 0.931 bits per heavy atom. The predicted molar refractivity (Wildman–Crippen MR) is 110 cm³/mol. The number of furan rings is 1. The van der Waals surface area contributed by atoms with Gasteiger partial charge in [-0.1, -0.05) is 42.5 Å². The number of rotatable bonds is 4. The van der Waals surface area contributed by atoms with Gasteiger partial charge in [-0.05, 0) is 35.9 Å². The lowest BCUT2D eigenvalue weighted by Gasteiger charge is -2.26. The second-order valence-corrected chi connectivity index (χ2v) is 7.49. The third-order valence-electron chi connectivity index (χ3n) is 5.55. The van der Waals surface area contributed by atoms with Crippen LogP contribution in [-0.2, 0) is 19.5 Å². The number of hydrogen-bond donors (Lipinski definition) is 0. The highest BCUT2D eigenvalue weighted by molar-refractivity contribution is 6.08. The van der Waals surface area contributed by atoms with Gasteiger partial charge >= 0.3 is 0 Å². The van der Waals surface area contributed by atoms with Crippen LogP contribution < -0.4 is 0 Å². The van der Waals surface area contributed by atoms with Gasteiger partial charge < -0.3 is 4.42 Å². The second kappa shape index (κ2) is 7.30. The Labute approximate surface area is 168 Å². The van der Waals surface area contributed by atoms with Crippen molar-refractivity contribution in [3.8, 4) is 0 Å². The third-order valence-corrected chi connectivity index (χ3v) is 5.55. The van der Waals surface area contributed by atoms with Gasteiger partial charge in [0.25, 0.3) is 0 Å². The molecule has 0 saturated carbocycles. The van der Waals surface area contributed by atoms with Crippen LogP contribution in [0.25, 0.3) is 11.0 Å². The number of carbonyl (C=O) groups excluding carboxylic acids is 1. The van der Waals surface area contributed by atoms with Gasteiger partial charge in [-0.2, -0.15) is 0 Å². The summed E-state index contributed by atoms with van der Waals surface area (Å²) in [5.41, 5.74) is 4.52. The summed E-state index contributed by atoms with van der Waals surface area (Å²) in [6.07, 6.45) is 0.908. The number of nitrogens with zero attached hydrogens (tertiary/aromatic N) is 1. The molecule has 0 saturated heterocycles. The Kier molecular flexibility index (Phi) is 4.49. The molecule has 3 nitrogen and oxygen atoms in total. The Morgan fingerprint density at radius 3 is 2.38 bits per heavy atom. The van der Waals surface area contributed by atoms with E-state index in [2.05, 4.69) is 11.0 Å². The summed E-state index contributed by atoms with van der Waals surface area (Å²) in [7, 11) is 0. The van der Waals surface area contributed by atoms with Gasteiger partial charge in [0.2, 0.25) is 0 Å². The molecule has 4 heteroatoms. The highest BCUT2D eigenvalue weighted by Crippen LogP contribution is 2.31. The fraction of sp³-hybridized carbons (Fsp3) is 0.160. The number of halogens is 1. The molecule has 2 heterocycles. The zero-order valence-electron chi connectivity index (χ0n) is 15.9. The summed E-state index contributed by atoms with van der Waals surface area (Å²) in [6, 6.07) is 21.6. The van der Waals surface area contributed by atoms with E-state index in [0.29, 0.717) is 11.1 Å². The summed E-state index contributed by atoms with van der Waals surface area (Å²) in [4.78, 5) is 15.0. The van der Waals surface area contributed by atoms with Crippen LogP contribution in [0.2, 0.25) is 0 Å². The first-order valence-corrected chi connectivity index (χ1v) is 9.78. The molecule has 1 aromatic heterocycles. The van der Waals surface area contributed by atoms with Crippen LogP contribution in [-0.4, -0.2) is 17.2 Å². The van der Waals surface area contributed by atoms with E-state index in [-0.39, 0.29) is 11.6 Å². The molecular formula is C25H20FNO2. The van der Waals surface area contributed by atoms with Crippen LogP contribution in [0.3, 0.4) is 0 Å². The minimum Gasteiger partial charge on any atom is -0.461 e. The van der Waals surface area contributed by atoms with E-state index in [9.17, 15) is 9.18 Å². The molecule has 0 aliphatic carbocycles. The van der Waals surface area contributed by atoms with Gasteiger partial charge in [0, 0.05) is 48.1 Å². The van der Waals surface area contributed by atoms with Crippen molar-refractivity contribution in [2.75, 3.05) is 6.54 Å². The fourth-order valence-corrected chi connectivity index (χ4v) is 4.01. The lowest BCUT2D eigenvalue weighted by molar-refractivity contribution is 0.103. The molecule has 29 heavy (non-hydrogen) atoms. The molecule has 0 radical (unpaired) electrons. The summed E-state index contributed by atoms with van der Waals surface area (Å²) in [5, 5.41) is 1.20. The normalized spacial score (nSPS) is 14.1. The molecule has 0 fully saturated rings. The Morgan fingerprint density at radius 2 is 1.62 bits per heavy atom. The number of fused-ring (bicyclic) bond motifs is 3. The summed E-state index contributed by atoms with van der Waals surface area (Å²) >= 11 is 0. The van der Waals surface area contributed by atoms with Crippen LogP contribution in [0.15, 0.2) is 77.2 Å². The first-order valence-electron chi connectivity index (χ1n) is 9.78. The average molecular weight is 385 g/mol. The SMILES string of the molecule is O=C(c1ccc(F)cc1)c1ccc(CN2CCc3oc4ccccc4c3C2)cc1. The molecule has 0 bridgehead atoms. The Bertz CT molecular complexity index is 1180. The number of ketones is 1. The predicted octanol–water partition coefficient (Wildman–Crippen LogP) is 5.36. The molecule has 0 atom stereocenters. The largest absolute Gasteiger partial charge is 0.461 e. The van der Waals surface area contributed by atoms with Crippen molar-refractivity contribution in [2.45, 2.75) is 19.5 Å². The highest BCUT2D eigenvalue weighted by atomic mass is 19.1. The maximum absolute atomic E-state index is 13.1. The number of hydrogen-bond acceptors (Lipinski definition) is 3. The quantitative estimate of drug-likeness (QED) is 0.443. The van der Waals surface area contributed by atoms with E-state index < -0.39 is 0 Å². The Balaban J connectivity index is 1.30. The molecule has 144 valence electrons. The van der Waals surface area contributed by atoms with Crippen LogP contribution in [0.1, 0.15) is 32.8 Å². The van der Waals surface area contributed by atoms with Crippen molar-refractivity contribution in [1.29, 1.82) is 0 Å². The van der Waals surface area contributed by atoms with Crippen LogP contribution in [0.5, 0.6) is 0 Å². The molecule has 1 aliphatic rings. The van der Waals surface area contributed by atoms with E-state index in [1.807, 2.05) is 42.5 Å². The maximum atomic E-state index is 13.1. The van der Waals surface area contributed by atoms with Gasteiger partial charge in [-0.3, -0.25) is 9.69 Å². The number of benzene rings is 3. The molecule has 1 aliphatic heterocycles. The molecule has 5 rings (SSSR count). The van der Waals surface area contributed by atoms with Crippen molar-refractivity contribution >= 4 is 16.8 Å². The monoisotopic (exact) mass is 385 g/mol. The lowest BCUT2D eigenvalue weighted by atomic mass is 10.0. The minimum absolute atomic E-state index is 0.0935. The maximum Gasteiger partial charge on any atom is 0.193 e. The highest BCUT2D eigenvalue weighted by Gasteiger charge is 2.22. The van der Waals surface area contributed by atoms with Crippen LogP contribution >= 0.6 is 0 Å². The summed E-state index contributed by atoms with van der Waals surface area (Å²) in [5.74, 6) is 0.665. The van der Waals surface area contributed by atoms with E-state index >= 15 is 0 Å². The van der Waals surface area contributed by atoms with E-state index in [4.69, 9.17) is 4.42 Å². The van der Waals surface area contributed by atoms with E-state index in [1.54, 1.807) is 0 Å². The van der Waals surface area contributed by atoms with E-state index in [1.165, 1.54) is 35.2 Å². The van der Waals surface area contributed by atoms with Crippen LogP contribution in [0, 0.1) is 5.82 Å². The van der Waals surface area contributed by atoms with Gasteiger partial charge in [-0.15, -0.1) is 0 Å². The molecular weight excluding hydrogens is 365 g/mol. The van der Waals surface area contributed by atoms with Crippen molar-refractivity contribution in [3.05, 3.63) is 107 Å². The lowest BCUT2D eigenvalue weighted by Crippen LogP contribution is -2.29. The molecule has 4 aromatic rings. The number of para-hydroxylation sites is 1. The summed E-state index contributed by atoms with van der Waals surface area (Å²) in [6.45, 7) is 2.63. The van der Waals surface area contributed by atoms with Crippen LogP contribution in [0.4, 0.5) is 4.39 Å². The van der Waals surface area contributed by atoms with Crippen molar-refractivity contribution < 1.29 is 13.6 Å². The molecule has 0 spiro atoms. The van der Waals surface area contributed by atoms with Crippen molar-refractivity contribution in [3.63, 3.8) is 0 Å². The molecule has 0 N–H and O–H groups in total. The molecule has 3 aromatic carbocycles. The number of carbonyl (C=O) groups is 1. The average Bonchev–Trinajstić information content (AvgIpc) is 3.12. The fourth-order valence-electron chi connectivity index (χ4n) is 4.01.